The van der Waals surface area contributed by atoms with Crippen LogP contribution in [0.3, 0.4) is 0 Å². The highest BCUT2D eigenvalue weighted by Gasteiger charge is 2.20. The third-order valence-electron chi connectivity index (χ3n) is 6.15. The predicted octanol–water partition coefficient (Wildman–Crippen LogP) is 7.05. The van der Waals surface area contributed by atoms with Gasteiger partial charge in [-0.2, -0.15) is 0 Å². The molecule has 4 rings (SSSR count). The monoisotopic (exact) mass is 567 g/mol. The molecule has 41 heavy (non-hydrogen) atoms. The van der Waals surface area contributed by atoms with Crippen molar-refractivity contribution in [1.29, 1.82) is 0 Å². The molecule has 6 nitrogen and oxygen atoms in total. The van der Waals surface area contributed by atoms with Gasteiger partial charge in [0.25, 0.3) is 11.8 Å². The Morgan fingerprint density at radius 3 is 2.27 bits per heavy atom. The number of thioether (sulfide) groups is 1. The molecule has 0 saturated carbocycles. The zero-order chi connectivity index (χ0) is 29.2. The highest BCUT2D eigenvalue weighted by Crippen LogP contribution is 2.29. The van der Waals surface area contributed by atoms with Crippen molar-refractivity contribution in [2.45, 2.75) is 30.4 Å². The Bertz CT molecular complexity index is 1560. The maximum atomic E-state index is 13.4. The number of aryl methyl sites for hydroxylation is 1. The molecule has 1 unspecified atom stereocenters. The lowest BCUT2D eigenvalue weighted by Gasteiger charge is -2.17. The summed E-state index contributed by atoms with van der Waals surface area (Å²) in [6, 6.07) is 28.9. The minimum absolute atomic E-state index is 0.00689. The fourth-order valence-corrected chi connectivity index (χ4v) is 4.94. The molecule has 0 aliphatic heterocycles. The molecule has 1 atom stereocenters. The van der Waals surface area contributed by atoms with Crippen LogP contribution in [0.25, 0.3) is 6.08 Å². The first kappa shape index (κ1) is 29.3. The van der Waals surface area contributed by atoms with Gasteiger partial charge in [-0.15, -0.1) is 11.8 Å². The zero-order valence-electron chi connectivity index (χ0n) is 22.7. The van der Waals surface area contributed by atoms with Crippen molar-refractivity contribution in [3.05, 3.63) is 131 Å². The van der Waals surface area contributed by atoms with E-state index >= 15 is 0 Å². The van der Waals surface area contributed by atoms with Crippen molar-refractivity contribution >= 4 is 46.9 Å². The number of halogens is 1. The Kier molecular flexibility index (Phi) is 10.1. The van der Waals surface area contributed by atoms with E-state index in [0.717, 1.165) is 16.1 Å². The van der Waals surface area contributed by atoms with Crippen molar-refractivity contribution in [3.63, 3.8) is 0 Å². The summed E-state index contributed by atoms with van der Waals surface area (Å²) in [5.74, 6) is -1.52. The molecule has 8 heteroatoms. The molecule has 3 N–H and O–H groups in total. The van der Waals surface area contributed by atoms with E-state index in [0.29, 0.717) is 23.2 Å². The van der Waals surface area contributed by atoms with E-state index in [-0.39, 0.29) is 16.9 Å². The number of amides is 3. The second kappa shape index (κ2) is 14.1. The lowest BCUT2D eigenvalue weighted by atomic mass is 10.1. The molecule has 0 bridgehead atoms. The first-order valence-corrected chi connectivity index (χ1v) is 14.0. The van der Waals surface area contributed by atoms with E-state index in [1.165, 1.54) is 42.1 Å². The maximum Gasteiger partial charge on any atom is 0.272 e. The van der Waals surface area contributed by atoms with Gasteiger partial charge >= 0.3 is 0 Å². The summed E-state index contributed by atoms with van der Waals surface area (Å²) < 4.78 is 13.4. The highest BCUT2D eigenvalue weighted by atomic mass is 32.2. The zero-order valence-corrected chi connectivity index (χ0v) is 23.5. The van der Waals surface area contributed by atoms with Gasteiger partial charge in [0.2, 0.25) is 5.91 Å². The van der Waals surface area contributed by atoms with Crippen LogP contribution < -0.4 is 16.0 Å². The van der Waals surface area contributed by atoms with Crippen LogP contribution in [0.4, 0.5) is 15.8 Å². The van der Waals surface area contributed by atoms with Crippen LogP contribution in [0.15, 0.2) is 114 Å². The number of benzene rings is 4. The lowest BCUT2D eigenvalue weighted by molar-refractivity contribution is -0.116. The van der Waals surface area contributed by atoms with E-state index in [9.17, 15) is 18.8 Å². The second-order valence-electron chi connectivity index (χ2n) is 9.23. The van der Waals surface area contributed by atoms with Crippen LogP contribution in [0, 0.1) is 12.7 Å². The molecular weight excluding hydrogens is 537 g/mol. The lowest BCUT2D eigenvalue weighted by Crippen LogP contribution is -2.30. The first-order chi connectivity index (χ1) is 19.8. The average Bonchev–Trinajstić information content (AvgIpc) is 2.98. The summed E-state index contributed by atoms with van der Waals surface area (Å²) >= 11 is 1.40. The van der Waals surface area contributed by atoms with Gasteiger partial charge in [-0.05, 0) is 79.1 Å². The van der Waals surface area contributed by atoms with Crippen LogP contribution >= 0.6 is 11.8 Å². The SMILES string of the molecule is CCC(Sc1cccc(NC(=O)/C(=C/c2ccc(F)cc2)NC(=O)c2ccccc2)c1)C(=O)Nc1ccccc1C. The molecule has 0 aliphatic rings. The van der Waals surface area contributed by atoms with E-state index in [1.807, 2.05) is 44.2 Å². The minimum atomic E-state index is -0.551. The Morgan fingerprint density at radius 2 is 1.56 bits per heavy atom. The Hall–Kier alpha value is -4.69. The van der Waals surface area contributed by atoms with Crippen molar-refractivity contribution in [1.82, 2.24) is 5.32 Å². The van der Waals surface area contributed by atoms with Gasteiger partial charge in [0, 0.05) is 21.8 Å². The molecule has 0 radical (unpaired) electrons. The van der Waals surface area contributed by atoms with Gasteiger partial charge in [0.15, 0.2) is 0 Å². The molecule has 0 fully saturated rings. The molecule has 0 heterocycles. The van der Waals surface area contributed by atoms with Gasteiger partial charge in [0.1, 0.15) is 11.5 Å². The van der Waals surface area contributed by atoms with Crippen LogP contribution in [-0.2, 0) is 9.59 Å². The number of hydrogen-bond acceptors (Lipinski definition) is 4. The first-order valence-electron chi connectivity index (χ1n) is 13.1. The number of carbonyl (C=O) groups is 3. The summed E-state index contributed by atoms with van der Waals surface area (Å²) in [5.41, 5.74) is 3.17. The van der Waals surface area contributed by atoms with Crippen molar-refractivity contribution in [2.75, 3.05) is 10.6 Å². The van der Waals surface area contributed by atoms with Crippen LogP contribution in [0.1, 0.15) is 34.8 Å². The molecule has 0 aliphatic carbocycles. The van der Waals surface area contributed by atoms with E-state index < -0.39 is 17.6 Å². The summed E-state index contributed by atoms with van der Waals surface area (Å²) in [4.78, 5) is 40.0. The van der Waals surface area contributed by atoms with E-state index in [2.05, 4.69) is 16.0 Å². The molecular formula is C33H30FN3O3S. The van der Waals surface area contributed by atoms with Crippen LogP contribution in [-0.4, -0.2) is 23.0 Å². The Morgan fingerprint density at radius 1 is 0.854 bits per heavy atom. The predicted molar refractivity (Wildman–Crippen MR) is 163 cm³/mol. The smallest absolute Gasteiger partial charge is 0.272 e. The number of nitrogens with one attached hydrogen (secondary N) is 3. The van der Waals surface area contributed by atoms with Crippen LogP contribution in [0.2, 0.25) is 0 Å². The normalized spacial score (nSPS) is 11.8. The summed E-state index contributed by atoms with van der Waals surface area (Å²) in [6.45, 7) is 3.89. The van der Waals surface area contributed by atoms with E-state index in [4.69, 9.17) is 0 Å². The number of rotatable bonds is 10. The second-order valence-corrected chi connectivity index (χ2v) is 10.5. The Balaban J connectivity index is 1.50. The summed E-state index contributed by atoms with van der Waals surface area (Å²) in [6.07, 6.45) is 2.09. The summed E-state index contributed by atoms with van der Waals surface area (Å²) in [7, 11) is 0. The van der Waals surface area contributed by atoms with E-state index in [1.54, 1.807) is 48.5 Å². The minimum Gasteiger partial charge on any atom is -0.325 e. The van der Waals surface area contributed by atoms with Gasteiger partial charge < -0.3 is 16.0 Å². The molecule has 4 aromatic carbocycles. The number of para-hydroxylation sites is 1. The molecule has 4 aromatic rings. The topological polar surface area (TPSA) is 87.3 Å². The average molecular weight is 568 g/mol. The van der Waals surface area contributed by atoms with Crippen molar-refractivity contribution in [3.8, 4) is 0 Å². The molecule has 3 amide bonds. The van der Waals surface area contributed by atoms with Gasteiger partial charge in [0.05, 0.1) is 5.25 Å². The van der Waals surface area contributed by atoms with Crippen molar-refractivity contribution < 1.29 is 18.8 Å². The fraction of sp³-hybridized carbons (Fsp3) is 0.121. The number of hydrogen-bond donors (Lipinski definition) is 3. The Labute approximate surface area is 243 Å². The molecule has 0 spiro atoms. The third-order valence-corrected chi connectivity index (χ3v) is 7.50. The van der Waals surface area contributed by atoms with Gasteiger partial charge in [-0.25, -0.2) is 4.39 Å². The third kappa shape index (κ3) is 8.40. The van der Waals surface area contributed by atoms with Crippen LogP contribution in [0.5, 0.6) is 0 Å². The van der Waals surface area contributed by atoms with Gasteiger partial charge in [-0.3, -0.25) is 14.4 Å². The molecule has 0 saturated heterocycles. The summed E-state index contributed by atoms with van der Waals surface area (Å²) in [5, 5.41) is 8.16. The number of carbonyl (C=O) groups excluding carboxylic acids is 3. The maximum absolute atomic E-state index is 13.4. The standard InChI is InChI=1S/C33H30FN3O3S/c1-3-30(33(40)36-28-15-8-7-10-22(28)2)41-27-14-9-13-26(21-27)35-32(39)29(20-23-16-18-25(34)19-17-23)37-31(38)24-11-5-4-6-12-24/h4-21,30H,3H2,1-2H3,(H,35,39)(H,36,40)(H,37,38)/b29-20-. The van der Waals surface area contributed by atoms with Gasteiger partial charge in [-0.1, -0.05) is 61.5 Å². The molecule has 0 aromatic heterocycles. The largest absolute Gasteiger partial charge is 0.325 e. The fourth-order valence-electron chi connectivity index (χ4n) is 3.93. The number of anilines is 2. The quantitative estimate of drug-likeness (QED) is 0.142. The highest BCUT2D eigenvalue weighted by molar-refractivity contribution is 8.00. The van der Waals surface area contributed by atoms with Crippen molar-refractivity contribution in [2.24, 2.45) is 0 Å². The molecule has 208 valence electrons.